The van der Waals surface area contributed by atoms with Crippen molar-refractivity contribution in [1.29, 1.82) is 0 Å². The first kappa shape index (κ1) is 18.8. The Hall–Kier alpha value is -2.51. The lowest BCUT2D eigenvalue weighted by molar-refractivity contribution is 0.224. The highest BCUT2D eigenvalue weighted by atomic mass is 32.1. The maximum absolute atomic E-state index is 5.91. The molecule has 2 N–H and O–H groups in total. The van der Waals surface area contributed by atoms with Gasteiger partial charge in [-0.15, -0.1) is 0 Å². The molecule has 0 amide bonds. The molecule has 1 fully saturated rings. The molecule has 148 valence electrons. The van der Waals surface area contributed by atoms with Gasteiger partial charge in [0.1, 0.15) is 11.5 Å². The van der Waals surface area contributed by atoms with Crippen molar-refractivity contribution < 1.29 is 9.47 Å². The number of nitrogens with zero attached hydrogens (tertiary/aromatic N) is 2. The Morgan fingerprint density at radius 1 is 1.00 bits per heavy atom. The molecular weight excluding hydrogens is 372 g/mol. The fourth-order valence-corrected chi connectivity index (χ4v) is 3.90. The van der Waals surface area contributed by atoms with Crippen molar-refractivity contribution in [3.63, 3.8) is 0 Å². The average molecular weight is 399 g/mol. The van der Waals surface area contributed by atoms with E-state index in [1.165, 1.54) is 5.69 Å². The summed E-state index contributed by atoms with van der Waals surface area (Å²) in [7, 11) is 1.73. The Kier molecular flexibility index (Phi) is 5.83. The van der Waals surface area contributed by atoms with Gasteiger partial charge in [0.15, 0.2) is 4.77 Å². The standard InChI is InChI=1S/C21H26N4O2S/c1-26-20-6-3-2-5-19(20)25-12-10-24(11-13-25)9-4-14-27-16-7-8-17-18(15-16)23-21(28)22-17/h2-3,5-8,15H,4,9-14H2,1H3,(H2,22,23,28). The number of benzene rings is 2. The predicted octanol–water partition coefficient (Wildman–Crippen LogP) is 3.83. The van der Waals surface area contributed by atoms with Gasteiger partial charge in [0.05, 0.1) is 30.4 Å². The summed E-state index contributed by atoms with van der Waals surface area (Å²) in [6.07, 6.45) is 1.01. The minimum atomic E-state index is 0.638. The van der Waals surface area contributed by atoms with Gasteiger partial charge in [-0.05, 0) is 42.9 Å². The number of piperazine rings is 1. The number of H-pyrrole nitrogens is 2. The molecule has 1 aliphatic rings. The molecule has 0 unspecified atom stereocenters. The van der Waals surface area contributed by atoms with Crippen molar-refractivity contribution in [1.82, 2.24) is 14.9 Å². The molecule has 1 aliphatic heterocycles. The van der Waals surface area contributed by atoms with Crippen LogP contribution in [0.25, 0.3) is 11.0 Å². The molecule has 3 aromatic rings. The second-order valence-corrected chi connectivity index (χ2v) is 7.40. The molecule has 2 aromatic carbocycles. The minimum Gasteiger partial charge on any atom is -0.495 e. The van der Waals surface area contributed by atoms with E-state index >= 15 is 0 Å². The number of ether oxygens (including phenoxy) is 2. The third kappa shape index (κ3) is 4.31. The quantitative estimate of drug-likeness (QED) is 0.468. The van der Waals surface area contributed by atoms with Crippen LogP contribution in [0.4, 0.5) is 5.69 Å². The smallest absolute Gasteiger partial charge is 0.175 e. The van der Waals surface area contributed by atoms with E-state index in [4.69, 9.17) is 21.7 Å². The van der Waals surface area contributed by atoms with E-state index in [0.717, 1.165) is 61.7 Å². The lowest BCUT2D eigenvalue weighted by atomic mass is 10.2. The highest BCUT2D eigenvalue weighted by Gasteiger charge is 2.19. The third-order valence-corrected chi connectivity index (χ3v) is 5.38. The van der Waals surface area contributed by atoms with E-state index in [9.17, 15) is 0 Å². The van der Waals surface area contributed by atoms with E-state index in [2.05, 4.69) is 31.9 Å². The van der Waals surface area contributed by atoms with Gasteiger partial charge in [0, 0.05) is 38.8 Å². The normalized spacial score (nSPS) is 15.1. The monoisotopic (exact) mass is 398 g/mol. The molecule has 1 aromatic heterocycles. The first-order valence-electron chi connectivity index (χ1n) is 9.68. The molecule has 28 heavy (non-hydrogen) atoms. The summed E-state index contributed by atoms with van der Waals surface area (Å²) >= 11 is 5.12. The zero-order chi connectivity index (χ0) is 19.3. The number of nitrogens with one attached hydrogen (secondary N) is 2. The predicted molar refractivity (Wildman–Crippen MR) is 115 cm³/mol. The molecule has 7 heteroatoms. The minimum absolute atomic E-state index is 0.638. The maximum atomic E-state index is 5.91. The van der Waals surface area contributed by atoms with Gasteiger partial charge >= 0.3 is 0 Å². The van der Waals surface area contributed by atoms with Gasteiger partial charge in [0.2, 0.25) is 0 Å². The van der Waals surface area contributed by atoms with Crippen molar-refractivity contribution in [2.24, 2.45) is 0 Å². The van der Waals surface area contributed by atoms with E-state index in [0.29, 0.717) is 11.4 Å². The van der Waals surface area contributed by atoms with Crippen molar-refractivity contribution in [3.8, 4) is 11.5 Å². The van der Waals surface area contributed by atoms with E-state index in [1.807, 2.05) is 30.3 Å². The summed E-state index contributed by atoms with van der Waals surface area (Å²) in [4.78, 5) is 11.1. The van der Waals surface area contributed by atoms with Gasteiger partial charge < -0.3 is 24.3 Å². The first-order valence-corrected chi connectivity index (χ1v) is 10.1. The van der Waals surface area contributed by atoms with Gasteiger partial charge in [-0.25, -0.2) is 0 Å². The van der Waals surface area contributed by atoms with Crippen molar-refractivity contribution in [2.45, 2.75) is 6.42 Å². The molecule has 0 atom stereocenters. The fourth-order valence-electron chi connectivity index (χ4n) is 3.68. The number of anilines is 1. The summed E-state index contributed by atoms with van der Waals surface area (Å²) in [5.41, 5.74) is 3.17. The van der Waals surface area contributed by atoms with Crippen molar-refractivity contribution in [3.05, 3.63) is 47.2 Å². The lowest BCUT2D eigenvalue weighted by Crippen LogP contribution is -2.46. The van der Waals surface area contributed by atoms with Crippen molar-refractivity contribution in [2.75, 3.05) is 51.3 Å². The van der Waals surface area contributed by atoms with Crippen LogP contribution < -0.4 is 14.4 Å². The highest BCUT2D eigenvalue weighted by Crippen LogP contribution is 2.28. The number of methoxy groups -OCH3 is 1. The second-order valence-electron chi connectivity index (χ2n) is 6.99. The Labute approximate surface area is 170 Å². The summed E-state index contributed by atoms with van der Waals surface area (Å²) in [5.74, 6) is 1.82. The molecule has 0 bridgehead atoms. The molecule has 0 radical (unpaired) electrons. The van der Waals surface area contributed by atoms with Crippen LogP contribution in [-0.2, 0) is 0 Å². The molecular formula is C21H26N4O2S. The number of rotatable bonds is 7. The van der Waals surface area contributed by atoms with E-state index in [-0.39, 0.29) is 0 Å². The fraction of sp³-hybridized carbons (Fsp3) is 0.381. The average Bonchev–Trinajstić information content (AvgIpc) is 3.11. The zero-order valence-corrected chi connectivity index (χ0v) is 16.9. The van der Waals surface area contributed by atoms with Gasteiger partial charge in [-0.2, -0.15) is 0 Å². The molecule has 0 spiro atoms. The number of aromatic nitrogens is 2. The van der Waals surface area contributed by atoms with Crippen LogP contribution in [0.15, 0.2) is 42.5 Å². The number of para-hydroxylation sites is 2. The summed E-state index contributed by atoms with van der Waals surface area (Å²) in [6.45, 7) is 5.92. The Morgan fingerprint density at radius 3 is 2.61 bits per heavy atom. The van der Waals surface area contributed by atoms with Gasteiger partial charge in [-0.3, -0.25) is 4.90 Å². The lowest BCUT2D eigenvalue weighted by Gasteiger charge is -2.36. The van der Waals surface area contributed by atoms with Crippen LogP contribution in [-0.4, -0.2) is 61.3 Å². The maximum Gasteiger partial charge on any atom is 0.175 e. The number of aromatic amines is 2. The molecule has 0 aliphatic carbocycles. The van der Waals surface area contributed by atoms with Crippen LogP contribution in [0.1, 0.15) is 6.42 Å². The highest BCUT2D eigenvalue weighted by molar-refractivity contribution is 7.71. The second kappa shape index (κ2) is 8.67. The van der Waals surface area contributed by atoms with E-state index < -0.39 is 0 Å². The SMILES string of the molecule is COc1ccccc1N1CCN(CCCOc2ccc3[nH]c(=S)[nH]c3c2)CC1. The Morgan fingerprint density at radius 2 is 1.79 bits per heavy atom. The largest absolute Gasteiger partial charge is 0.495 e. The Balaban J connectivity index is 1.21. The van der Waals surface area contributed by atoms with Crippen LogP contribution in [0.2, 0.25) is 0 Å². The van der Waals surface area contributed by atoms with Crippen molar-refractivity contribution >= 4 is 28.9 Å². The zero-order valence-electron chi connectivity index (χ0n) is 16.1. The molecule has 1 saturated heterocycles. The number of fused-ring (bicyclic) bond motifs is 1. The van der Waals surface area contributed by atoms with Gasteiger partial charge in [0.25, 0.3) is 0 Å². The topological polar surface area (TPSA) is 56.5 Å². The van der Waals surface area contributed by atoms with Crippen LogP contribution in [0, 0.1) is 4.77 Å². The summed E-state index contributed by atoms with van der Waals surface area (Å²) < 4.78 is 12.0. The van der Waals surface area contributed by atoms with Crippen LogP contribution in [0.5, 0.6) is 11.5 Å². The molecule has 0 saturated carbocycles. The summed E-state index contributed by atoms with van der Waals surface area (Å²) in [6, 6.07) is 14.2. The van der Waals surface area contributed by atoms with Crippen LogP contribution >= 0.6 is 12.2 Å². The third-order valence-electron chi connectivity index (χ3n) is 5.17. The number of imidazole rings is 1. The summed E-state index contributed by atoms with van der Waals surface area (Å²) in [5, 5.41) is 0. The molecule has 4 rings (SSSR count). The number of hydrogen-bond acceptors (Lipinski definition) is 5. The number of hydrogen-bond donors (Lipinski definition) is 2. The molecule has 6 nitrogen and oxygen atoms in total. The Bertz CT molecular complexity index is 976. The van der Waals surface area contributed by atoms with Gasteiger partial charge in [-0.1, -0.05) is 12.1 Å². The first-order chi connectivity index (χ1) is 13.7. The van der Waals surface area contributed by atoms with Crippen LogP contribution in [0.3, 0.4) is 0 Å². The molecule has 2 heterocycles. The van der Waals surface area contributed by atoms with E-state index in [1.54, 1.807) is 7.11 Å².